The van der Waals surface area contributed by atoms with Gasteiger partial charge in [-0.05, 0) is 68.9 Å². The van der Waals surface area contributed by atoms with Gasteiger partial charge in [0.25, 0.3) is 0 Å². The summed E-state index contributed by atoms with van der Waals surface area (Å²) in [6.07, 6.45) is 5.21. The van der Waals surface area contributed by atoms with Gasteiger partial charge in [0.2, 0.25) is 0 Å². The molecule has 3 heteroatoms. The molecule has 2 heterocycles. The molecule has 0 bridgehead atoms. The van der Waals surface area contributed by atoms with Crippen LogP contribution in [-0.2, 0) is 6.42 Å². The molecule has 0 radical (unpaired) electrons. The first-order chi connectivity index (χ1) is 9.31. The molecule has 2 aliphatic rings. The number of rotatable bonds is 3. The van der Waals surface area contributed by atoms with E-state index < -0.39 is 0 Å². The van der Waals surface area contributed by atoms with Gasteiger partial charge in [-0.25, -0.2) is 0 Å². The van der Waals surface area contributed by atoms with Crippen molar-refractivity contribution in [1.82, 2.24) is 10.2 Å². The highest BCUT2D eigenvalue weighted by atomic mass is 35.5. The molecule has 0 aliphatic carbocycles. The van der Waals surface area contributed by atoms with Crippen molar-refractivity contribution in [1.29, 1.82) is 0 Å². The fraction of sp³-hybridized carbons (Fsp3) is 0.625. The van der Waals surface area contributed by atoms with E-state index in [1.807, 2.05) is 12.1 Å². The maximum absolute atomic E-state index is 5.94. The van der Waals surface area contributed by atoms with Gasteiger partial charge in [0.1, 0.15) is 0 Å². The minimum Gasteiger partial charge on any atom is -0.317 e. The molecule has 104 valence electrons. The van der Waals surface area contributed by atoms with Crippen LogP contribution in [0.25, 0.3) is 0 Å². The molecule has 3 rings (SSSR count). The van der Waals surface area contributed by atoms with Crippen LogP contribution in [0.5, 0.6) is 0 Å². The van der Waals surface area contributed by atoms with Crippen LogP contribution in [0.1, 0.15) is 24.8 Å². The lowest BCUT2D eigenvalue weighted by Crippen LogP contribution is -2.42. The Morgan fingerprint density at radius 1 is 1.11 bits per heavy atom. The second kappa shape index (κ2) is 6.25. The average molecular weight is 279 g/mol. The van der Waals surface area contributed by atoms with E-state index in [2.05, 4.69) is 22.3 Å². The Labute approximate surface area is 121 Å². The third-order valence-electron chi connectivity index (χ3n) is 4.58. The summed E-state index contributed by atoms with van der Waals surface area (Å²) in [5, 5.41) is 4.29. The summed E-state index contributed by atoms with van der Waals surface area (Å²) in [7, 11) is 0. The van der Waals surface area contributed by atoms with Gasteiger partial charge in [0.15, 0.2) is 0 Å². The molecule has 2 fully saturated rings. The maximum Gasteiger partial charge on any atom is 0.0406 e. The minimum atomic E-state index is 0.830. The zero-order valence-corrected chi connectivity index (χ0v) is 12.2. The predicted molar refractivity (Wildman–Crippen MR) is 80.7 cm³/mol. The second-order valence-electron chi connectivity index (χ2n) is 5.96. The molecule has 0 amide bonds. The fourth-order valence-corrected chi connectivity index (χ4v) is 3.61. The van der Waals surface area contributed by atoms with Crippen molar-refractivity contribution >= 4 is 11.6 Å². The van der Waals surface area contributed by atoms with Gasteiger partial charge in [-0.1, -0.05) is 23.7 Å². The molecular formula is C16H23ClN2. The molecule has 0 spiro atoms. The Kier molecular flexibility index (Phi) is 4.42. The van der Waals surface area contributed by atoms with Gasteiger partial charge in [0, 0.05) is 17.6 Å². The molecule has 1 unspecified atom stereocenters. The standard InChI is InChI=1S/C16H23ClN2/c17-15-3-1-13(2-4-15)11-14-7-10-19(12-14)16-5-8-18-9-6-16/h1-4,14,16,18H,5-12H2. The smallest absolute Gasteiger partial charge is 0.0406 e. The summed E-state index contributed by atoms with van der Waals surface area (Å²) in [5.74, 6) is 0.830. The van der Waals surface area contributed by atoms with Crippen molar-refractivity contribution in [2.24, 2.45) is 5.92 Å². The first kappa shape index (κ1) is 13.4. The molecule has 19 heavy (non-hydrogen) atoms. The monoisotopic (exact) mass is 278 g/mol. The molecule has 1 aromatic rings. The summed E-state index contributed by atoms with van der Waals surface area (Å²) in [6, 6.07) is 9.20. The zero-order valence-electron chi connectivity index (χ0n) is 11.4. The molecule has 1 N–H and O–H groups in total. The van der Waals surface area contributed by atoms with Gasteiger partial charge in [-0.3, -0.25) is 4.90 Å². The van der Waals surface area contributed by atoms with Crippen LogP contribution in [0.3, 0.4) is 0 Å². The lowest BCUT2D eigenvalue weighted by Gasteiger charge is -2.31. The molecule has 0 saturated carbocycles. The van der Waals surface area contributed by atoms with E-state index in [1.165, 1.54) is 57.4 Å². The zero-order chi connectivity index (χ0) is 13.1. The van der Waals surface area contributed by atoms with Crippen LogP contribution in [0.4, 0.5) is 0 Å². The molecule has 1 aromatic carbocycles. The number of nitrogens with zero attached hydrogens (tertiary/aromatic N) is 1. The van der Waals surface area contributed by atoms with Crippen molar-refractivity contribution in [3.63, 3.8) is 0 Å². The van der Waals surface area contributed by atoms with E-state index in [9.17, 15) is 0 Å². The van der Waals surface area contributed by atoms with Crippen molar-refractivity contribution < 1.29 is 0 Å². The summed E-state index contributed by atoms with van der Waals surface area (Å²) >= 11 is 5.94. The molecule has 2 aliphatic heterocycles. The maximum atomic E-state index is 5.94. The Morgan fingerprint density at radius 2 is 1.84 bits per heavy atom. The van der Waals surface area contributed by atoms with Crippen molar-refractivity contribution in [2.75, 3.05) is 26.2 Å². The topological polar surface area (TPSA) is 15.3 Å². The largest absolute Gasteiger partial charge is 0.317 e. The number of halogens is 1. The number of hydrogen-bond acceptors (Lipinski definition) is 2. The highest BCUT2D eigenvalue weighted by Crippen LogP contribution is 2.25. The molecule has 1 atom stereocenters. The van der Waals surface area contributed by atoms with Crippen LogP contribution in [0.2, 0.25) is 5.02 Å². The molecular weight excluding hydrogens is 256 g/mol. The van der Waals surface area contributed by atoms with Gasteiger partial charge < -0.3 is 5.32 Å². The van der Waals surface area contributed by atoms with E-state index in [-0.39, 0.29) is 0 Å². The Bertz CT molecular complexity index is 398. The first-order valence-corrected chi connectivity index (χ1v) is 7.88. The van der Waals surface area contributed by atoms with Crippen molar-refractivity contribution in [3.8, 4) is 0 Å². The number of hydrogen-bond donors (Lipinski definition) is 1. The van der Waals surface area contributed by atoms with Crippen LogP contribution < -0.4 is 5.32 Å². The molecule has 0 aromatic heterocycles. The lowest BCUT2D eigenvalue weighted by atomic mass is 9.98. The fourth-order valence-electron chi connectivity index (χ4n) is 3.49. The summed E-state index contributed by atoms with van der Waals surface area (Å²) in [6.45, 7) is 4.97. The Hall–Kier alpha value is -0.570. The van der Waals surface area contributed by atoms with Crippen LogP contribution in [-0.4, -0.2) is 37.1 Å². The first-order valence-electron chi connectivity index (χ1n) is 7.50. The number of piperidine rings is 1. The number of nitrogens with one attached hydrogen (secondary N) is 1. The summed E-state index contributed by atoms with van der Waals surface area (Å²) in [5.41, 5.74) is 1.43. The predicted octanol–water partition coefficient (Wildman–Crippen LogP) is 2.96. The third-order valence-corrected chi connectivity index (χ3v) is 4.83. The second-order valence-corrected chi connectivity index (χ2v) is 6.40. The van der Waals surface area contributed by atoms with Gasteiger partial charge in [0.05, 0.1) is 0 Å². The Balaban J connectivity index is 1.52. The van der Waals surface area contributed by atoms with Crippen molar-refractivity contribution in [3.05, 3.63) is 34.9 Å². The van der Waals surface area contributed by atoms with Gasteiger partial charge in [-0.2, -0.15) is 0 Å². The quantitative estimate of drug-likeness (QED) is 0.915. The highest BCUT2D eigenvalue weighted by molar-refractivity contribution is 6.30. The summed E-state index contributed by atoms with van der Waals surface area (Å²) < 4.78 is 0. The van der Waals surface area contributed by atoms with E-state index >= 15 is 0 Å². The SMILES string of the molecule is Clc1ccc(CC2CCN(C3CCNCC3)C2)cc1. The van der Waals surface area contributed by atoms with Gasteiger partial charge in [-0.15, -0.1) is 0 Å². The van der Waals surface area contributed by atoms with Crippen LogP contribution in [0.15, 0.2) is 24.3 Å². The van der Waals surface area contributed by atoms with E-state index in [1.54, 1.807) is 0 Å². The van der Waals surface area contributed by atoms with E-state index in [0.717, 1.165) is 17.0 Å². The molecule has 2 saturated heterocycles. The highest BCUT2D eigenvalue weighted by Gasteiger charge is 2.28. The number of benzene rings is 1. The summed E-state index contributed by atoms with van der Waals surface area (Å²) in [4.78, 5) is 2.72. The third kappa shape index (κ3) is 3.50. The molecule has 2 nitrogen and oxygen atoms in total. The minimum absolute atomic E-state index is 0.830. The van der Waals surface area contributed by atoms with Crippen molar-refractivity contribution in [2.45, 2.75) is 31.7 Å². The van der Waals surface area contributed by atoms with Crippen LogP contribution in [0, 0.1) is 5.92 Å². The number of likely N-dealkylation sites (tertiary alicyclic amines) is 1. The van der Waals surface area contributed by atoms with Crippen LogP contribution >= 0.6 is 11.6 Å². The lowest BCUT2D eigenvalue weighted by molar-refractivity contribution is 0.192. The Morgan fingerprint density at radius 3 is 2.58 bits per heavy atom. The van der Waals surface area contributed by atoms with E-state index in [4.69, 9.17) is 11.6 Å². The average Bonchev–Trinajstić information content (AvgIpc) is 2.91. The van der Waals surface area contributed by atoms with E-state index in [0.29, 0.717) is 0 Å². The normalized spacial score (nSPS) is 25.8. The van der Waals surface area contributed by atoms with Gasteiger partial charge >= 0.3 is 0 Å².